The van der Waals surface area contributed by atoms with Gasteiger partial charge in [-0.1, -0.05) is 65.3 Å². The predicted octanol–water partition coefficient (Wildman–Crippen LogP) is 5.26. The summed E-state index contributed by atoms with van der Waals surface area (Å²) in [4.78, 5) is 43.5. The molecule has 0 aromatic heterocycles. The molecule has 3 aromatic rings. The number of rotatable bonds is 5. The number of para-hydroxylation sites is 1. The van der Waals surface area contributed by atoms with Crippen LogP contribution in [0.1, 0.15) is 30.0 Å². The molecule has 3 aliphatic heterocycles. The summed E-state index contributed by atoms with van der Waals surface area (Å²) in [5.41, 5.74) is 2.72. The van der Waals surface area contributed by atoms with Gasteiger partial charge in [0.2, 0.25) is 5.91 Å². The first-order chi connectivity index (χ1) is 19.6. The number of fused-ring (bicyclic) bond motifs is 3. The highest BCUT2D eigenvalue weighted by Gasteiger charge is 2.66. The van der Waals surface area contributed by atoms with Crippen molar-refractivity contribution in [1.29, 1.82) is 0 Å². The van der Waals surface area contributed by atoms with Gasteiger partial charge in [0.15, 0.2) is 13.9 Å². The van der Waals surface area contributed by atoms with Crippen LogP contribution >= 0.6 is 15.9 Å². The number of halogens is 1. The van der Waals surface area contributed by atoms with Crippen LogP contribution < -0.4 is 4.90 Å². The Bertz CT molecular complexity index is 1490. The van der Waals surface area contributed by atoms with E-state index in [1.807, 2.05) is 92.8 Å². The first-order valence-electron chi connectivity index (χ1n) is 14.1. The van der Waals surface area contributed by atoms with E-state index in [-0.39, 0.29) is 42.3 Å². The molecule has 2 amide bonds. The average Bonchev–Trinajstić information content (AvgIpc) is 3.38. The molecule has 3 aliphatic rings. The molecule has 5 atom stereocenters. The van der Waals surface area contributed by atoms with Gasteiger partial charge in [-0.2, -0.15) is 0 Å². The zero-order valence-corrected chi connectivity index (χ0v) is 26.0. The third-order valence-corrected chi connectivity index (χ3v) is 12.1. The molecular formula is C32H35BrN2O5Si. The average molecular weight is 636 g/mol. The molecule has 3 heterocycles. The molecular weight excluding hydrogens is 600 g/mol. The molecule has 3 aromatic carbocycles. The lowest BCUT2D eigenvalue weighted by atomic mass is 9.82. The smallest absolute Gasteiger partial charge is 0.268 e. The Hall–Kier alpha value is -2.82. The molecule has 9 heteroatoms. The second-order valence-electron chi connectivity index (χ2n) is 12.0. The number of hydrogen-bond donors (Lipinski definition) is 2. The number of carbonyl (C=O) groups is 2. The quantitative estimate of drug-likeness (QED) is 0.374. The summed E-state index contributed by atoms with van der Waals surface area (Å²) in [5, 5.41) is 10.2. The molecule has 0 saturated carbocycles. The third kappa shape index (κ3) is 4.58. The summed E-state index contributed by atoms with van der Waals surface area (Å²) in [6.07, 6.45) is -0.0546. The lowest BCUT2D eigenvalue weighted by molar-refractivity contribution is -0.150. The van der Waals surface area contributed by atoms with E-state index in [1.165, 1.54) is 0 Å². The summed E-state index contributed by atoms with van der Waals surface area (Å²) in [5.74, 6) is -0.726. The maximum absolute atomic E-state index is 14.5. The molecule has 7 nitrogen and oxygen atoms in total. The number of carbonyl (C=O) groups excluding carboxylic acids is 2. The molecule has 6 rings (SSSR count). The van der Waals surface area contributed by atoms with Crippen LogP contribution in [0.15, 0.2) is 77.3 Å². The Balaban J connectivity index is 1.38. The second kappa shape index (κ2) is 10.5. The molecule has 0 unspecified atom stereocenters. The molecule has 0 aliphatic carbocycles. The lowest BCUT2D eigenvalue weighted by Crippen LogP contribution is -2.48. The maximum Gasteiger partial charge on any atom is 0.268 e. The van der Waals surface area contributed by atoms with Gasteiger partial charge in [0.25, 0.3) is 5.91 Å². The molecule has 1 fully saturated rings. The molecule has 1 saturated heterocycles. The number of ether oxygens (including phenoxy) is 1. The summed E-state index contributed by atoms with van der Waals surface area (Å²) in [6.45, 7) is 5.97. The Morgan fingerprint density at radius 2 is 1.76 bits per heavy atom. The fraction of sp³-hybridized carbons (Fsp3) is 0.375. The van der Waals surface area contributed by atoms with E-state index in [0.29, 0.717) is 13.0 Å². The first-order valence-corrected chi connectivity index (χ1v) is 17.9. The minimum atomic E-state index is -2.94. The highest BCUT2D eigenvalue weighted by Crippen LogP contribution is 2.61. The molecule has 2 N–H and O–H groups in total. The molecule has 0 bridgehead atoms. The number of amides is 2. The minimum Gasteiger partial charge on any atom is -0.432 e. The van der Waals surface area contributed by atoms with Crippen molar-refractivity contribution in [3.8, 4) is 0 Å². The van der Waals surface area contributed by atoms with Crippen molar-refractivity contribution in [3.05, 3.63) is 94.0 Å². The number of anilines is 2. The van der Waals surface area contributed by atoms with Crippen LogP contribution in [0.25, 0.3) is 0 Å². The topological polar surface area (TPSA) is 90.3 Å². The standard InChI is InChI=1S/C32H35BrN2O5Si/c1-20-30(41(2,3)39)28(17-29(37)34-18-22-10-8-7-9-21(22)15-25(34)19-36)40-32(20)26-16-23(33)13-14-27(26)35(31(32)38)24-11-5-4-6-12-24/h4-14,16,20,25,28,30,36,39H,15,17-19H2,1-3H3/t20-,25-,28+,30-,32+/m0/s1. The van der Waals surface area contributed by atoms with Gasteiger partial charge in [-0.25, -0.2) is 0 Å². The van der Waals surface area contributed by atoms with Crippen molar-refractivity contribution >= 4 is 47.4 Å². The SMILES string of the molecule is C[C@H]1[C@H]([Si](C)(C)O)[C@@H](CC(=O)N2Cc3ccccc3C[C@H]2CO)O[C@]12C(=O)N(c1ccccc1)c1ccc(Br)cc12. The van der Waals surface area contributed by atoms with Crippen molar-refractivity contribution in [1.82, 2.24) is 4.90 Å². The summed E-state index contributed by atoms with van der Waals surface area (Å²) >= 11 is 3.59. The largest absolute Gasteiger partial charge is 0.432 e. The van der Waals surface area contributed by atoms with E-state index in [4.69, 9.17) is 4.74 Å². The molecule has 214 valence electrons. The molecule has 1 spiro atoms. The van der Waals surface area contributed by atoms with Crippen LogP contribution in [0.3, 0.4) is 0 Å². The van der Waals surface area contributed by atoms with Crippen LogP contribution in [0.5, 0.6) is 0 Å². The summed E-state index contributed by atoms with van der Waals surface area (Å²) < 4.78 is 7.68. The van der Waals surface area contributed by atoms with Crippen LogP contribution in [0, 0.1) is 5.92 Å². The number of benzene rings is 3. The van der Waals surface area contributed by atoms with E-state index in [9.17, 15) is 19.5 Å². The van der Waals surface area contributed by atoms with Crippen molar-refractivity contribution in [3.63, 3.8) is 0 Å². The second-order valence-corrected chi connectivity index (χ2v) is 16.9. The van der Waals surface area contributed by atoms with Gasteiger partial charge in [-0.15, -0.1) is 0 Å². The molecule has 41 heavy (non-hydrogen) atoms. The third-order valence-electron chi connectivity index (χ3n) is 9.13. The van der Waals surface area contributed by atoms with Gasteiger partial charge in [0, 0.05) is 33.7 Å². The summed E-state index contributed by atoms with van der Waals surface area (Å²) in [6, 6.07) is 22.9. The summed E-state index contributed by atoms with van der Waals surface area (Å²) in [7, 11) is -2.94. The van der Waals surface area contributed by atoms with Crippen LogP contribution in [0.2, 0.25) is 18.6 Å². The maximum atomic E-state index is 14.5. The Labute approximate surface area is 250 Å². The number of aliphatic hydroxyl groups excluding tert-OH is 1. The normalized spacial score (nSPS) is 27.3. The Morgan fingerprint density at radius 1 is 1.07 bits per heavy atom. The Kier molecular flexibility index (Phi) is 7.23. The monoisotopic (exact) mass is 634 g/mol. The van der Waals surface area contributed by atoms with E-state index in [1.54, 1.807) is 9.80 Å². The van der Waals surface area contributed by atoms with Gasteiger partial charge >= 0.3 is 0 Å². The molecule has 0 radical (unpaired) electrons. The van der Waals surface area contributed by atoms with Crippen molar-refractivity contribution in [2.45, 2.75) is 62.7 Å². The fourth-order valence-electron chi connectivity index (χ4n) is 7.34. The number of aliphatic hydroxyl groups is 1. The van der Waals surface area contributed by atoms with E-state index < -0.39 is 20.0 Å². The predicted molar refractivity (Wildman–Crippen MR) is 163 cm³/mol. The van der Waals surface area contributed by atoms with Crippen molar-refractivity contribution in [2.75, 3.05) is 11.5 Å². The number of hydrogen-bond acceptors (Lipinski definition) is 5. The van der Waals surface area contributed by atoms with Gasteiger partial charge in [-0.05, 0) is 61.0 Å². The van der Waals surface area contributed by atoms with Crippen LogP contribution in [-0.2, 0) is 32.9 Å². The zero-order valence-electron chi connectivity index (χ0n) is 23.5. The van der Waals surface area contributed by atoms with Gasteiger partial charge in [-0.3, -0.25) is 14.5 Å². The highest BCUT2D eigenvalue weighted by molar-refractivity contribution is 9.10. The van der Waals surface area contributed by atoms with Gasteiger partial charge in [0.1, 0.15) is 0 Å². The van der Waals surface area contributed by atoms with E-state index >= 15 is 0 Å². The van der Waals surface area contributed by atoms with Crippen molar-refractivity contribution < 1.29 is 24.2 Å². The van der Waals surface area contributed by atoms with E-state index in [0.717, 1.165) is 32.5 Å². The fourth-order valence-corrected chi connectivity index (χ4v) is 10.3. The van der Waals surface area contributed by atoms with Gasteiger partial charge < -0.3 is 19.5 Å². The highest BCUT2D eigenvalue weighted by atomic mass is 79.9. The zero-order chi connectivity index (χ0) is 29.1. The lowest BCUT2D eigenvalue weighted by Gasteiger charge is -2.37. The van der Waals surface area contributed by atoms with Crippen LogP contribution in [-0.4, -0.2) is 53.7 Å². The van der Waals surface area contributed by atoms with Gasteiger partial charge in [0.05, 0.1) is 30.9 Å². The van der Waals surface area contributed by atoms with Crippen molar-refractivity contribution in [2.24, 2.45) is 5.92 Å². The van der Waals surface area contributed by atoms with E-state index in [2.05, 4.69) is 15.9 Å². The number of nitrogens with zero attached hydrogens (tertiary/aromatic N) is 2. The Morgan fingerprint density at radius 3 is 2.44 bits per heavy atom. The first kappa shape index (κ1) is 28.3. The minimum absolute atomic E-state index is 0.0222. The van der Waals surface area contributed by atoms with Crippen LogP contribution in [0.4, 0.5) is 11.4 Å².